The van der Waals surface area contributed by atoms with Crippen molar-refractivity contribution in [3.05, 3.63) is 35.4 Å². The van der Waals surface area contributed by atoms with Crippen LogP contribution in [-0.4, -0.2) is 53.8 Å². The predicted octanol–water partition coefficient (Wildman–Crippen LogP) is 3.40. The molecule has 0 aromatic heterocycles. The van der Waals surface area contributed by atoms with Crippen LogP contribution in [-0.2, 0) is 11.2 Å². The number of carbonyl (C=O) groups is 2. The van der Waals surface area contributed by atoms with E-state index in [2.05, 4.69) is 31.3 Å². The summed E-state index contributed by atoms with van der Waals surface area (Å²) in [6.07, 6.45) is 3.20. The van der Waals surface area contributed by atoms with Gasteiger partial charge < -0.3 is 10.2 Å². The molecule has 3 rings (SSSR count). The first-order chi connectivity index (χ1) is 13.0. The number of Topliss-reactive ketones (excluding diaryl/α,β-unsaturated/α-hetero) is 1. The molecule has 0 radical (unpaired) electrons. The molecule has 2 saturated heterocycles. The van der Waals surface area contributed by atoms with E-state index in [-0.39, 0.29) is 17.6 Å². The molecule has 1 amide bonds. The lowest BCUT2D eigenvalue weighted by Crippen LogP contribution is -2.45. The molecule has 5 heteroatoms. The first-order valence-corrected chi connectivity index (χ1v) is 11.4. The van der Waals surface area contributed by atoms with E-state index in [9.17, 15) is 9.59 Å². The van der Waals surface area contributed by atoms with Crippen molar-refractivity contribution in [2.45, 2.75) is 45.6 Å². The smallest absolute Gasteiger partial charge is 0.224 e. The molecular weight excluding hydrogens is 356 g/mol. The summed E-state index contributed by atoms with van der Waals surface area (Å²) in [6, 6.07) is 8.43. The minimum absolute atomic E-state index is 0.0494. The van der Waals surface area contributed by atoms with Crippen LogP contribution in [0.2, 0.25) is 0 Å². The quantitative estimate of drug-likeness (QED) is 0.759. The summed E-state index contributed by atoms with van der Waals surface area (Å²) in [6.45, 7) is 6.82. The standard InChI is InChI=1S/C22H32N2O2S/c1-16(2)13-17-3-5-18(6-4-17)22(26)19-7-10-24(11-8-19)21(25)14-20-15-27-12-9-23-20/h3-6,16,19-20,23H,7-15H2,1-2H3. The average Bonchev–Trinajstić information content (AvgIpc) is 2.68. The fourth-order valence-electron chi connectivity index (χ4n) is 3.99. The number of thioether (sulfide) groups is 1. The van der Waals surface area contributed by atoms with Crippen molar-refractivity contribution in [2.75, 3.05) is 31.1 Å². The van der Waals surface area contributed by atoms with Gasteiger partial charge in [0, 0.05) is 55.1 Å². The molecule has 1 aromatic rings. The third kappa shape index (κ3) is 5.82. The molecule has 0 saturated carbocycles. The number of nitrogens with zero attached hydrogens (tertiary/aromatic N) is 1. The van der Waals surface area contributed by atoms with Gasteiger partial charge in [-0.25, -0.2) is 0 Å². The molecule has 0 spiro atoms. The van der Waals surface area contributed by atoms with Gasteiger partial charge in [-0.1, -0.05) is 38.1 Å². The van der Waals surface area contributed by atoms with Crippen molar-refractivity contribution in [1.29, 1.82) is 0 Å². The summed E-state index contributed by atoms with van der Waals surface area (Å²) >= 11 is 1.92. The second kappa shape index (κ2) is 9.74. The number of benzene rings is 1. The minimum atomic E-state index is 0.0494. The molecule has 0 bridgehead atoms. The molecule has 4 nitrogen and oxygen atoms in total. The Kier molecular flexibility index (Phi) is 7.36. The maximum absolute atomic E-state index is 12.8. The van der Waals surface area contributed by atoms with Crippen LogP contribution in [0.4, 0.5) is 0 Å². The zero-order valence-corrected chi connectivity index (χ0v) is 17.4. The van der Waals surface area contributed by atoms with E-state index in [0.29, 0.717) is 31.5 Å². The Morgan fingerprint density at radius 1 is 1.19 bits per heavy atom. The third-order valence-electron chi connectivity index (χ3n) is 5.52. The lowest BCUT2D eigenvalue weighted by Gasteiger charge is -2.33. The molecule has 1 atom stereocenters. The van der Waals surface area contributed by atoms with Crippen LogP contribution in [0.15, 0.2) is 24.3 Å². The van der Waals surface area contributed by atoms with Gasteiger partial charge in [0.1, 0.15) is 0 Å². The highest BCUT2D eigenvalue weighted by molar-refractivity contribution is 7.99. The topological polar surface area (TPSA) is 49.4 Å². The first-order valence-electron chi connectivity index (χ1n) is 10.2. The van der Waals surface area contributed by atoms with E-state index in [1.165, 1.54) is 5.56 Å². The fourth-order valence-corrected chi connectivity index (χ4v) is 4.94. The van der Waals surface area contributed by atoms with Gasteiger partial charge in [-0.15, -0.1) is 0 Å². The highest BCUT2D eigenvalue weighted by atomic mass is 32.2. The maximum atomic E-state index is 12.8. The van der Waals surface area contributed by atoms with Gasteiger partial charge in [0.05, 0.1) is 0 Å². The second-order valence-electron chi connectivity index (χ2n) is 8.24. The number of hydrogen-bond donors (Lipinski definition) is 1. The molecular formula is C22H32N2O2S. The van der Waals surface area contributed by atoms with Crippen molar-refractivity contribution in [3.63, 3.8) is 0 Å². The zero-order chi connectivity index (χ0) is 19.2. The number of hydrogen-bond acceptors (Lipinski definition) is 4. The van der Waals surface area contributed by atoms with Gasteiger partial charge in [0.2, 0.25) is 5.91 Å². The van der Waals surface area contributed by atoms with Gasteiger partial charge in [-0.05, 0) is 30.7 Å². The molecule has 1 N–H and O–H groups in total. The van der Waals surface area contributed by atoms with Gasteiger partial charge in [0.25, 0.3) is 0 Å². The van der Waals surface area contributed by atoms with Gasteiger partial charge >= 0.3 is 0 Å². The summed E-state index contributed by atoms with van der Waals surface area (Å²) in [5, 5.41) is 3.43. The summed E-state index contributed by atoms with van der Waals surface area (Å²) in [5.74, 6) is 3.30. The highest BCUT2D eigenvalue weighted by Gasteiger charge is 2.29. The van der Waals surface area contributed by atoms with E-state index in [4.69, 9.17) is 0 Å². The van der Waals surface area contributed by atoms with Crippen LogP contribution in [0.5, 0.6) is 0 Å². The molecule has 0 aliphatic carbocycles. The van der Waals surface area contributed by atoms with Crippen LogP contribution in [0, 0.1) is 11.8 Å². The molecule has 1 unspecified atom stereocenters. The number of likely N-dealkylation sites (tertiary alicyclic amines) is 1. The molecule has 1 aromatic carbocycles. The first kappa shape index (κ1) is 20.4. The summed E-state index contributed by atoms with van der Waals surface area (Å²) in [7, 11) is 0. The number of ketones is 1. The Balaban J connectivity index is 1.47. The molecule has 148 valence electrons. The van der Waals surface area contributed by atoms with Crippen LogP contribution < -0.4 is 5.32 Å². The maximum Gasteiger partial charge on any atom is 0.224 e. The Morgan fingerprint density at radius 3 is 2.48 bits per heavy atom. The minimum Gasteiger partial charge on any atom is -0.343 e. The van der Waals surface area contributed by atoms with E-state index < -0.39 is 0 Å². The number of nitrogens with one attached hydrogen (secondary N) is 1. The van der Waals surface area contributed by atoms with E-state index in [0.717, 1.165) is 42.9 Å². The lowest BCUT2D eigenvalue weighted by molar-refractivity contribution is -0.132. The van der Waals surface area contributed by atoms with Gasteiger partial charge in [-0.3, -0.25) is 9.59 Å². The Bertz CT molecular complexity index is 630. The number of amides is 1. The number of piperidine rings is 1. The van der Waals surface area contributed by atoms with Gasteiger partial charge in [-0.2, -0.15) is 11.8 Å². The second-order valence-corrected chi connectivity index (χ2v) is 9.39. The van der Waals surface area contributed by atoms with Crippen molar-refractivity contribution in [2.24, 2.45) is 11.8 Å². The summed E-state index contributed by atoms with van der Waals surface area (Å²) < 4.78 is 0. The van der Waals surface area contributed by atoms with Crippen molar-refractivity contribution >= 4 is 23.5 Å². The van der Waals surface area contributed by atoms with E-state index in [1.807, 2.05) is 28.8 Å². The van der Waals surface area contributed by atoms with Crippen molar-refractivity contribution in [1.82, 2.24) is 10.2 Å². The molecule has 2 fully saturated rings. The van der Waals surface area contributed by atoms with Crippen molar-refractivity contribution in [3.8, 4) is 0 Å². The van der Waals surface area contributed by atoms with Crippen molar-refractivity contribution < 1.29 is 9.59 Å². The highest BCUT2D eigenvalue weighted by Crippen LogP contribution is 2.23. The molecule has 2 heterocycles. The van der Waals surface area contributed by atoms with E-state index >= 15 is 0 Å². The van der Waals surface area contributed by atoms with E-state index in [1.54, 1.807) is 0 Å². The largest absolute Gasteiger partial charge is 0.343 e. The predicted molar refractivity (Wildman–Crippen MR) is 112 cm³/mol. The van der Waals surface area contributed by atoms with Crippen LogP contribution in [0.25, 0.3) is 0 Å². The van der Waals surface area contributed by atoms with Crippen LogP contribution in [0.1, 0.15) is 49.0 Å². The Hall–Kier alpha value is -1.33. The monoisotopic (exact) mass is 388 g/mol. The lowest BCUT2D eigenvalue weighted by atomic mass is 9.88. The zero-order valence-electron chi connectivity index (χ0n) is 16.6. The number of rotatable bonds is 6. The molecule has 27 heavy (non-hydrogen) atoms. The van der Waals surface area contributed by atoms with Crippen LogP contribution >= 0.6 is 11.8 Å². The SMILES string of the molecule is CC(C)Cc1ccc(C(=O)C2CCN(C(=O)CC3CSCCN3)CC2)cc1. The fraction of sp³-hybridized carbons (Fsp3) is 0.636. The normalized spacial score (nSPS) is 21.4. The summed E-state index contributed by atoms with van der Waals surface area (Å²) in [5.41, 5.74) is 2.10. The number of carbonyl (C=O) groups excluding carboxylic acids is 2. The Labute approximate surface area is 167 Å². The van der Waals surface area contributed by atoms with Gasteiger partial charge in [0.15, 0.2) is 5.78 Å². The third-order valence-corrected chi connectivity index (χ3v) is 6.65. The van der Waals surface area contributed by atoms with Crippen LogP contribution in [0.3, 0.4) is 0 Å². The summed E-state index contributed by atoms with van der Waals surface area (Å²) in [4.78, 5) is 27.3. The average molecular weight is 389 g/mol. The molecule has 2 aliphatic heterocycles. The Morgan fingerprint density at radius 2 is 1.89 bits per heavy atom. The molecule has 2 aliphatic rings.